The van der Waals surface area contributed by atoms with E-state index >= 15 is 0 Å². The van der Waals surface area contributed by atoms with E-state index in [4.69, 9.17) is 0 Å². The maximum Gasteiger partial charge on any atom is 0.405 e. The maximum atomic E-state index is 12.1. The molecule has 1 fully saturated rings. The minimum Gasteiger partial charge on any atom is -0.347 e. The van der Waals surface area contributed by atoms with Crippen molar-refractivity contribution in [2.24, 2.45) is 5.92 Å². The molecular formula is C14H25F3N2OS. The molecule has 0 aromatic rings. The molecule has 1 saturated heterocycles. The van der Waals surface area contributed by atoms with Gasteiger partial charge in [0.25, 0.3) is 0 Å². The first-order chi connectivity index (χ1) is 9.57. The fraction of sp³-hybridized carbons (Fsp3) is 0.929. The zero-order valence-electron chi connectivity index (χ0n) is 12.9. The third-order valence-electron chi connectivity index (χ3n) is 3.28. The number of halogens is 3. The largest absolute Gasteiger partial charge is 0.405 e. The lowest BCUT2D eigenvalue weighted by atomic mass is 9.97. The van der Waals surface area contributed by atoms with Gasteiger partial charge in [-0.15, -0.1) is 0 Å². The van der Waals surface area contributed by atoms with E-state index in [1.165, 1.54) is 0 Å². The second-order valence-corrected chi connectivity index (χ2v) is 8.36. The highest BCUT2D eigenvalue weighted by molar-refractivity contribution is 8.00. The average molecular weight is 326 g/mol. The number of carbonyl (C=O) groups is 1. The second-order valence-electron chi connectivity index (χ2n) is 6.43. The van der Waals surface area contributed by atoms with Gasteiger partial charge in [-0.1, -0.05) is 20.8 Å². The molecule has 1 aliphatic rings. The molecule has 0 spiro atoms. The fourth-order valence-corrected chi connectivity index (χ4v) is 3.25. The van der Waals surface area contributed by atoms with Gasteiger partial charge >= 0.3 is 6.18 Å². The molecule has 1 atom stereocenters. The van der Waals surface area contributed by atoms with Crippen molar-refractivity contribution in [3.05, 3.63) is 0 Å². The Bertz CT molecular complexity index is 342. The summed E-state index contributed by atoms with van der Waals surface area (Å²) in [6.07, 6.45) is -2.80. The number of rotatable bonds is 5. The van der Waals surface area contributed by atoms with Crippen LogP contribution in [-0.4, -0.2) is 53.7 Å². The van der Waals surface area contributed by atoms with Gasteiger partial charge < -0.3 is 10.2 Å². The predicted molar refractivity (Wildman–Crippen MR) is 80.4 cm³/mol. The predicted octanol–water partition coefficient (Wildman–Crippen LogP) is 2.91. The highest BCUT2D eigenvalue weighted by Crippen LogP contribution is 2.24. The van der Waals surface area contributed by atoms with Gasteiger partial charge in [0.05, 0.1) is 5.92 Å². The van der Waals surface area contributed by atoms with Crippen LogP contribution in [0.2, 0.25) is 0 Å². The van der Waals surface area contributed by atoms with Crippen molar-refractivity contribution >= 4 is 17.7 Å². The molecule has 3 nitrogen and oxygen atoms in total. The summed E-state index contributed by atoms with van der Waals surface area (Å²) in [4.78, 5) is 14.0. The summed E-state index contributed by atoms with van der Waals surface area (Å²) in [6, 6.07) is 0. The van der Waals surface area contributed by atoms with Crippen LogP contribution in [0.3, 0.4) is 0 Å². The third kappa shape index (κ3) is 8.56. The standard InChI is InChI=1S/C14H25F3N2OS/c1-13(2,3)21-8-7-19-6-4-5-11(9-19)12(20)18-10-14(15,16)17/h11H,4-10H2,1-3H3,(H,18,20). The second kappa shape index (κ2) is 7.72. The molecule has 1 heterocycles. The molecule has 21 heavy (non-hydrogen) atoms. The van der Waals surface area contributed by atoms with Crippen LogP contribution in [0, 0.1) is 5.92 Å². The van der Waals surface area contributed by atoms with Gasteiger partial charge in [-0.3, -0.25) is 4.79 Å². The highest BCUT2D eigenvalue weighted by atomic mass is 32.2. The third-order valence-corrected chi connectivity index (χ3v) is 4.53. The quantitative estimate of drug-likeness (QED) is 0.843. The number of thioether (sulfide) groups is 1. The first-order valence-corrected chi connectivity index (χ1v) is 8.26. The van der Waals surface area contributed by atoms with Gasteiger partial charge in [-0.2, -0.15) is 24.9 Å². The molecule has 0 saturated carbocycles. The number of hydrogen-bond donors (Lipinski definition) is 1. The Morgan fingerprint density at radius 3 is 2.57 bits per heavy atom. The Balaban J connectivity index is 2.33. The molecule has 1 amide bonds. The van der Waals surface area contributed by atoms with Crippen LogP contribution >= 0.6 is 11.8 Å². The fourth-order valence-electron chi connectivity index (χ4n) is 2.29. The Kier molecular flexibility index (Phi) is 6.84. The van der Waals surface area contributed by atoms with Gasteiger partial charge in [0.15, 0.2) is 0 Å². The minimum absolute atomic E-state index is 0.208. The number of carbonyl (C=O) groups excluding carboxylic acids is 1. The van der Waals surface area contributed by atoms with E-state index in [9.17, 15) is 18.0 Å². The van der Waals surface area contributed by atoms with Crippen molar-refractivity contribution in [3.63, 3.8) is 0 Å². The summed E-state index contributed by atoms with van der Waals surface area (Å²) in [5.74, 6) is 0.182. The zero-order valence-corrected chi connectivity index (χ0v) is 13.7. The molecule has 0 aromatic carbocycles. The van der Waals surface area contributed by atoms with Crippen molar-refractivity contribution in [1.82, 2.24) is 10.2 Å². The summed E-state index contributed by atoms with van der Waals surface area (Å²) in [5.41, 5.74) is 0. The summed E-state index contributed by atoms with van der Waals surface area (Å²) < 4.78 is 36.5. The number of likely N-dealkylation sites (tertiary alicyclic amines) is 1. The Labute approximate surface area is 129 Å². The molecular weight excluding hydrogens is 301 g/mol. The normalized spacial score (nSPS) is 21.3. The molecule has 1 aliphatic heterocycles. The SMILES string of the molecule is CC(C)(C)SCCN1CCCC(C(=O)NCC(F)(F)F)C1. The molecule has 0 aliphatic carbocycles. The lowest BCUT2D eigenvalue weighted by Gasteiger charge is -2.32. The van der Waals surface area contributed by atoms with Gasteiger partial charge in [0.2, 0.25) is 5.91 Å². The van der Waals surface area contributed by atoms with Crippen LogP contribution < -0.4 is 5.32 Å². The smallest absolute Gasteiger partial charge is 0.347 e. The van der Waals surface area contributed by atoms with Crippen molar-refractivity contribution in [3.8, 4) is 0 Å². The number of amides is 1. The van der Waals surface area contributed by atoms with Crippen molar-refractivity contribution in [2.75, 3.05) is 31.9 Å². The minimum atomic E-state index is -4.34. The summed E-state index contributed by atoms with van der Waals surface area (Å²) in [6.45, 7) is 7.60. The molecule has 0 aromatic heterocycles. The first-order valence-electron chi connectivity index (χ1n) is 7.27. The molecule has 7 heteroatoms. The van der Waals surface area contributed by atoms with Crippen molar-refractivity contribution in [2.45, 2.75) is 44.5 Å². The summed E-state index contributed by atoms with van der Waals surface area (Å²) >= 11 is 1.86. The Hall–Kier alpha value is -0.430. The topological polar surface area (TPSA) is 32.3 Å². The molecule has 1 rings (SSSR count). The monoisotopic (exact) mass is 326 g/mol. The summed E-state index contributed by atoms with van der Waals surface area (Å²) in [7, 11) is 0. The van der Waals surface area contributed by atoms with Gasteiger partial charge in [0.1, 0.15) is 6.54 Å². The van der Waals surface area contributed by atoms with Crippen LogP contribution in [0.15, 0.2) is 0 Å². The van der Waals surface area contributed by atoms with Gasteiger partial charge in [-0.25, -0.2) is 0 Å². The van der Waals surface area contributed by atoms with Crippen molar-refractivity contribution < 1.29 is 18.0 Å². The lowest BCUT2D eigenvalue weighted by Crippen LogP contribution is -2.45. The molecule has 124 valence electrons. The van der Waals surface area contributed by atoms with Crippen LogP contribution in [0.4, 0.5) is 13.2 Å². The molecule has 1 unspecified atom stereocenters. The number of piperidine rings is 1. The lowest BCUT2D eigenvalue weighted by molar-refractivity contribution is -0.141. The van der Waals surface area contributed by atoms with Gasteiger partial charge in [-0.05, 0) is 19.4 Å². The summed E-state index contributed by atoms with van der Waals surface area (Å²) in [5, 5.41) is 2.00. The van der Waals surface area contributed by atoms with Gasteiger partial charge in [0, 0.05) is 23.6 Å². The maximum absolute atomic E-state index is 12.1. The number of hydrogen-bond acceptors (Lipinski definition) is 3. The van der Waals surface area contributed by atoms with E-state index in [1.54, 1.807) is 0 Å². The molecule has 1 N–H and O–H groups in total. The Morgan fingerprint density at radius 2 is 2.00 bits per heavy atom. The Morgan fingerprint density at radius 1 is 1.33 bits per heavy atom. The number of nitrogens with zero attached hydrogens (tertiary/aromatic N) is 1. The zero-order chi connectivity index (χ0) is 16.1. The van der Waals surface area contributed by atoms with E-state index in [-0.39, 0.29) is 10.7 Å². The van der Waals surface area contributed by atoms with E-state index < -0.39 is 18.6 Å². The number of nitrogens with one attached hydrogen (secondary N) is 1. The van der Waals surface area contributed by atoms with E-state index in [0.717, 1.165) is 25.3 Å². The van der Waals surface area contributed by atoms with Crippen LogP contribution in [0.1, 0.15) is 33.6 Å². The number of alkyl halides is 3. The molecule has 0 bridgehead atoms. The highest BCUT2D eigenvalue weighted by Gasteiger charge is 2.31. The van der Waals surface area contributed by atoms with Crippen LogP contribution in [0.25, 0.3) is 0 Å². The first kappa shape index (κ1) is 18.6. The van der Waals surface area contributed by atoms with Crippen LogP contribution in [-0.2, 0) is 4.79 Å². The van der Waals surface area contributed by atoms with Crippen molar-refractivity contribution in [1.29, 1.82) is 0 Å². The van der Waals surface area contributed by atoms with Crippen LogP contribution in [0.5, 0.6) is 0 Å². The van der Waals surface area contributed by atoms with E-state index in [2.05, 4.69) is 25.7 Å². The average Bonchev–Trinajstić information content (AvgIpc) is 2.34. The van der Waals surface area contributed by atoms with E-state index in [1.807, 2.05) is 17.1 Å². The molecule has 0 radical (unpaired) electrons. The van der Waals surface area contributed by atoms with E-state index in [0.29, 0.717) is 13.0 Å².